The molecule has 0 aromatic heterocycles. The second-order valence-corrected chi connectivity index (χ2v) is 4.95. The molecule has 0 radical (unpaired) electrons. The predicted octanol–water partition coefficient (Wildman–Crippen LogP) is 1.72. The van der Waals surface area contributed by atoms with Crippen LogP contribution in [0.25, 0.3) is 0 Å². The molecule has 1 aliphatic carbocycles. The largest absolute Gasteiger partial charge is 0.482 e. The van der Waals surface area contributed by atoms with Crippen molar-refractivity contribution in [2.75, 3.05) is 25.5 Å². The zero-order valence-corrected chi connectivity index (χ0v) is 11.6. The minimum absolute atomic E-state index is 0.0301. The Labute approximate surface area is 119 Å². The van der Waals surface area contributed by atoms with Crippen LogP contribution in [-0.4, -0.2) is 31.8 Å². The Bertz CT molecular complexity index is 431. The lowest BCUT2D eigenvalue weighted by molar-refractivity contribution is -0.123. The molecule has 1 aliphatic rings. The molecular formula is C15H22N2O3. The summed E-state index contributed by atoms with van der Waals surface area (Å²) in [6.07, 6.45) is 5.17. The van der Waals surface area contributed by atoms with Crippen molar-refractivity contribution in [1.82, 2.24) is 5.32 Å². The molecule has 20 heavy (non-hydrogen) atoms. The molecule has 0 atom stereocenters. The fourth-order valence-electron chi connectivity index (χ4n) is 2.28. The number of nitrogen functional groups attached to an aromatic ring is 1. The first-order chi connectivity index (χ1) is 9.75. The van der Waals surface area contributed by atoms with Crippen LogP contribution in [-0.2, 0) is 9.53 Å². The van der Waals surface area contributed by atoms with Crippen LogP contribution in [0.1, 0.15) is 25.7 Å². The van der Waals surface area contributed by atoms with Gasteiger partial charge in [0.25, 0.3) is 5.91 Å². The highest BCUT2D eigenvalue weighted by Crippen LogP contribution is 2.20. The van der Waals surface area contributed by atoms with Crippen molar-refractivity contribution in [2.45, 2.75) is 31.8 Å². The number of nitrogens with two attached hydrogens (primary N) is 1. The van der Waals surface area contributed by atoms with E-state index in [0.29, 0.717) is 30.7 Å². The van der Waals surface area contributed by atoms with Gasteiger partial charge in [-0.2, -0.15) is 0 Å². The van der Waals surface area contributed by atoms with E-state index in [4.69, 9.17) is 15.2 Å². The van der Waals surface area contributed by atoms with Gasteiger partial charge in [-0.3, -0.25) is 4.79 Å². The Hall–Kier alpha value is -1.75. The van der Waals surface area contributed by atoms with Crippen molar-refractivity contribution < 1.29 is 14.3 Å². The minimum Gasteiger partial charge on any atom is -0.482 e. The maximum Gasteiger partial charge on any atom is 0.258 e. The molecule has 0 bridgehead atoms. The fourth-order valence-corrected chi connectivity index (χ4v) is 2.28. The summed E-state index contributed by atoms with van der Waals surface area (Å²) in [5.74, 6) is 0.369. The molecule has 110 valence electrons. The molecule has 1 amide bonds. The number of amides is 1. The number of para-hydroxylation sites is 2. The number of carbonyl (C=O) groups excluding carboxylic acids is 1. The van der Waals surface area contributed by atoms with Crippen LogP contribution < -0.4 is 15.8 Å². The Morgan fingerprint density at radius 2 is 2.05 bits per heavy atom. The van der Waals surface area contributed by atoms with Crippen molar-refractivity contribution in [1.29, 1.82) is 0 Å². The number of rotatable bonds is 7. The Balaban J connectivity index is 1.57. The van der Waals surface area contributed by atoms with Gasteiger partial charge in [0.05, 0.1) is 18.4 Å². The molecular weight excluding hydrogens is 256 g/mol. The minimum atomic E-state index is -0.164. The van der Waals surface area contributed by atoms with E-state index in [0.717, 1.165) is 12.8 Å². The summed E-state index contributed by atoms with van der Waals surface area (Å²) in [7, 11) is 0. The average molecular weight is 278 g/mol. The van der Waals surface area contributed by atoms with Crippen molar-refractivity contribution in [3.8, 4) is 5.75 Å². The van der Waals surface area contributed by atoms with E-state index >= 15 is 0 Å². The zero-order chi connectivity index (χ0) is 14.2. The highest BCUT2D eigenvalue weighted by Gasteiger charge is 2.14. The van der Waals surface area contributed by atoms with Gasteiger partial charge in [-0.25, -0.2) is 0 Å². The summed E-state index contributed by atoms with van der Waals surface area (Å²) < 4.78 is 11.0. The third-order valence-electron chi connectivity index (χ3n) is 3.36. The van der Waals surface area contributed by atoms with Crippen molar-refractivity contribution >= 4 is 11.6 Å². The Morgan fingerprint density at radius 1 is 1.30 bits per heavy atom. The zero-order valence-electron chi connectivity index (χ0n) is 11.6. The van der Waals surface area contributed by atoms with Crippen LogP contribution in [0.3, 0.4) is 0 Å². The van der Waals surface area contributed by atoms with Gasteiger partial charge >= 0.3 is 0 Å². The van der Waals surface area contributed by atoms with Gasteiger partial charge < -0.3 is 20.5 Å². The van der Waals surface area contributed by atoms with E-state index in [-0.39, 0.29) is 12.5 Å². The van der Waals surface area contributed by atoms with Crippen molar-refractivity contribution in [2.24, 2.45) is 0 Å². The molecule has 0 spiro atoms. The maximum atomic E-state index is 11.6. The third kappa shape index (κ3) is 4.74. The van der Waals surface area contributed by atoms with E-state index < -0.39 is 0 Å². The fraction of sp³-hybridized carbons (Fsp3) is 0.533. The van der Waals surface area contributed by atoms with E-state index in [1.807, 2.05) is 12.1 Å². The molecule has 0 saturated heterocycles. The molecule has 1 saturated carbocycles. The molecule has 2 rings (SSSR count). The van der Waals surface area contributed by atoms with Crippen LogP contribution in [0.4, 0.5) is 5.69 Å². The quantitative estimate of drug-likeness (QED) is 0.588. The first-order valence-electron chi connectivity index (χ1n) is 7.11. The molecule has 1 fully saturated rings. The third-order valence-corrected chi connectivity index (χ3v) is 3.36. The van der Waals surface area contributed by atoms with Gasteiger partial charge in [0.15, 0.2) is 6.61 Å². The number of nitrogens with one attached hydrogen (secondary N) is 1. The standard InChI is InChI=1S/C15H22N2O3/c16-13-7-3-4-8-14(13)20-11-15(18)17-9-10-19-12-5-1-2-6-12/h3-4,7-8,12H,1-2,5-6,9-11,16H2,(H,17,18). The summed E-state index contributed by atoms with van der Waals surface area (Å²) in [5, 5.41) is 2.77. The number of ether oxygens (including phenoxy) is 2. The first kappa shape index (κ1) is 14.7. The highest BCUT2D eigenvalue weighted by atomic mass is 16.5. The van der Waals surface area contributed by atoms with Crippen LogP contribution in [0, 0.1) is 0 Å². The first-order valence-corrected chi connectivity index (χ1v) is 7.11. The van der Waals surface area contributed by atoms with Crippen LogP contribution in [0.5, 0.6) is 5.75 Å². The molecule has 1 aromatic carbocycles. The molecule has 1 aromatic rings. The summed E-state index contributed by atoms with van der Waals surface area (Å²) in [6.45, 7) is 1.05. The van der Waals surface area contributed by atoms with Crippen LogP contribution in [0.15, 0.2) is 24.3 Å². The summed E-state index contributed by atoms with van der Waals surface area (Å²) in [4.78, 5) is 11.6. The predicted molar refractivity (Wildman–Crippen MR) is 77.6 cm³/mol. The maximum absolute atomic E-state index is 11.6. The number of anilines is 1. The van der Waals surface area contributed by atoms with Gasteiger partial charge in [0.2, 0.25) is 0 Å². The summed E-state index contributed by atoms with van der Waals surface area (Å²) in [6, 6.07) is 7.12. The lowest BCUT2D eigenvalue weighted by Gasteiger charge is -2.12. The number of carbonyl (C=O) groups is 1. The normalized spacial score (nSPS) is 15.2. The van der Waals surface area contributed by atoms with Crippen LogP contribution in [0.2, 0.25) is 0 Å². The summed E-state index contributed by atoms with van der Waals surface area (Å²) in [5.41, 5.74) is 6.25. The van der Waals surface area contributed by atoms with E-state index in [1.54, 1.807) is 12.1 Å². The molecule has 0 heterocycles. The summed E-state index contributed by atoms with van der Waals surface area (Å²) >= 11 is 0. The van der Waals surface area contributed by atoms with Crippen LogP contribution >= 0.6 is 0 Å². The number of hydrogen-bond donors (Lipinski definition) is 2. The average Bonchev–Trinajstić information content (AvgIpc) is 2.96. The van der Waals surface area contributed by atoms with Gasteiger partial charge in [0.1, 0.15) is 5.75 Å². The monoisotopic (exact) mass is 278 g/mol. The van der Waals surface area contributed by atoms with E-state index in [1.165, 1.54) is 12.8 Å². The van der Waals surface area contributed by atoms with Gasteiger partial charge in [0, 0.05) is 6.54 Å². The Kier molecular flexibility index (Phi) is 5.68. The lowest BCUT2D eigenvalue weighted by Crippen LogP contribution is -2.32. The SMILES string of the molecule is Nc1ccccc1OCC(=O)NCCOC1CCCC1. The molecule has 5 heteroatoms. The molecule has 3 N–H and O–H groups in total. The lowest BCUT2D eigenvalue weighted by atomic mass is 10.3. The van der Waals surface area contributed by atoms with Gasteiger partial charge in [-0.05, 0) is 25.0 Å². The van der Waals surface area contributed by atoms with Gasteiger partial charge in [-0.15, -0.1) is 0 Å². The molecule has 5 nitrogen and oxygen atoms in total. The van der Waals surface area contributed by atoms with Gasteiger partial charge in [-0.1, -0.05) is 25.0 Å². The Morgan fingerprint density at radius 3 is 2.80 bits per heavy atom. The topological polar surface area (TPSA) is 73.6 Å². The molecule has 0 aliphatic heterocycles. The highest BCUT2D eigenvalue weighted by molar-refractivity contribution is 5.77. The van der Waals surface area contributed by atoms with E-state index in [9.17, 15) is 4.79 Å². The number of hydrogen-bond acceptors (Lipinski definition) is 4. The number of benzene rings is 1. The molecule has 0 unspecified atom stereocenters. The van der Waals surface area contributed by atoms with Crippen molar-refractivity contribution in [3.05, 3.63) is 24.3 Å². The second kappa shape index (κ2) is 7.75. The van der Waals surface area contributed by atoms with Crippen molar-refractivity contribution in [3.63, 3.8) is 0 Å². The second-order valence-electron chi connectivity index (χ2n) is 4.95. The smallest absolute Gasteiger partial charge is 0.258 e. The van der Waals surface area contributed by atoms with E-state index in [2.05, 4.69) is 5.32 Å².